The average molecular weight is 380 g/mol. The number of carbonyl (C=O) groups excluding carboxylic acids is 1. The fraction of sp³-hybridized carbons (Fsp3) is 0.227. The van der Waals surface area contributed by atoms with E-state index in [4.69, 9.17) is 13.9 Å². The molecular weight excluding hydrogens is 356 g/mol. The first-order valence-corrected chi connectivity index (χ1v) is 8.90. The lowest BCUT2D eigenvalue weighted by Crippen LogP contribution is -2.38. The van der Waals surface area contributed by atoms with Crippen LogP contribution in [0.15, 0.2) is 59.0 Å². The van der Waals surface area contributed by atoms with E-state index in [2.05, 4.69) is 5.43 Å². The number of furan rings is 1. The van der Waals surface area contributed by atoms with Crippen LogP contribution in [0.2, 0.25) is 0 Å². The summed E-state index contributed by atoms with van der Waals surface area (Å²) in [7, 11) is 5.06. The summed E-state index contributed by atoms with van der Waals surface area (Å²) >= 11 is 0. The minimum atomic E-state index is -0.224. The molecule has 1 N–H and O–H groups in total. The number of aryl methyl sites for hydroxylation is 1. The molecule has 0 radical (unpaired) electrons. The number of ether oxygens (including phenoxy) is 2. The topological polar surface area (TPSA) is 63.9 Å². The van der Waals surface area contributed by atoms with Crippen molar-refractivity contribution >= 4 is 5.91 Å². The quantitative estimate of drug-likeness (QED) is 0.627. The van der Waals surface area contributed by atoms with Gasteiger partial charge in [0.1, 0.15) is 23.0 Å². The van der Waals surface area contributed by atoms with E-state index in [1.54, 1.807) is 32.2 Å². The zero-order chi connectivity index (χ0) is 20.1. The maximum absolute atomic E-state index is 12.7. The third-order valence-electron chi connectivity index (χ3n) is 4.41. The predicted octanol–water partition coefficient (Wildman–Crippen LogP) is 4.05. The molecule has 1 aromatic heterocycles. The SMILES string of the molecule is COc1ccc(CN(C)NC(=O)c2cc(-c3ccccc3OC)oc2C)cc1. The van der Waals surface area contributed by atoms with Crippen molar-refractivity contribution in [2.24, 2.45) is 0 Å². The van der Waals surface area contributed by atoms with Gasteiger partial charge in [-0.2, -0.15) is 0 Å². The van der Waals surface area contributed by atoms with Gasteiger partial charge in [0, 0.05) is 13.6 Å². The van der Waals surface area contributed by atoms with Crippen LogP contribution in [0, 0.1) is 6.92 Å². The maximum Gasteiger partial charge on any atom is 0.269 e. The summed E-state index contributed by atoms with van der Waals surface area (Å²) in [5, 5.41) is 1.74. The second-order valence-corrected chi connectivity index (χ2v) is 6.43. The molecule has 0 atom stereocenters. The summed E-state index contributed by atoms with van der Waals surface area (Å²) < 4.78 is 16.4. The molecule has 0 aliphatic heterocycles. The Balaban J connectivity index is 1.71. The summed E-state index contributed by atoms with van der Waals surface area (Å²) in [4.78, 5) is 12.7. The highest BCUT2D eigenvalue weighted by Crippen LogP contribution is 2.32. The Labute approximate surface area is 164 Å². The van der Waals surface area contributed by atoms with E-state index in [1.807, 2.05) is 55.6 Å². The van der Waals surface area contributed by atoms with Crippen molar-refractivity contribution in [2.75, 3.05) is 21.3 Å². The fourth-order valence-electron chi connectivity index (χ4n) is 2.97. The third kappa shape index (κ3) is 4.35. The van der Waals surface area contributed by atoms with Gasteiger partial charge in [-0.1, -0.05) is 24.3 Å². The van der Waals surface area contributed by atoms with Gasteiger partial charge in [0.15, 0.2) is 0 Å². The highest BCUT2D eigenvalue weighted by atomic mass is 16.5. The standard InChI is InChI=1S/C22H24N2O4/c1-15-19(13-21(28-15)18-7-5-6-8-20(18)27-4)22(25)23-24(2)14-16-9-11-17(26-3)12-10-16/h5-13H,14H2,1-4H3,(H,23,25). The van der Waals surface area contributed by atoms with Crippen molar-refractivity contribution in [3.8, 4) is 22.8 Å². The van der Waals surface area contributed by atoms with E-state index in [1.165, 1.54) is 0 Å². The van der Waals surface area contributed by atoms with Crippen molar-refractivity contribution in [3.63, 3.8) is 0 Å². The first-order valence-electron chi connectivity index (χ1n) is 8.90. The smallest absolute Gasteiger partial charge is 0.269 e. The molecule has 0 saturated carbocycles. The number of hydrogen-bond acceptors (Lipinski definition) is 5. The highest BCUT2D eigenvalue weighted by Gasteiger charge is 2.19. The zero-order valence-electron chi connectivity index (χ0n) is 16.5. The number of carbonyl (C=O) groups is 1. The highest BCUT2D eigenvalue weighted by molar-refractivity contribution is 5.96. The van der Waals surface area contributed by atoms with Crippen LogP contribution in [0.3, 0.4) is 0 Å². The van der Waals surface area contributed by atoms with E-state index >= 15 is 0 Å². The van der Waals surface area contributed by atoms with Crippen LogP contribution >= 0.6 is 0 Å². The molecule has 0 fully saturated rings. The van der Waals surface area contributed by atoms with Gasteiger partial charge in [0.2, 0.25) is 0 Å². The maximum atomic E-state index is 12.7. The Morgan fingerprint density at radius 2 is 1.79 bits per heavy atom. The molecule has 0 unspecified atom stereocenters. The van der Waals surface area contributed by atoms with Crippen LogP contribution in [0.5, 0.6) is 11.5 Å². The van der Waals surface area contributed by atoms with E-state index < -0.39 is 0 Å². The molecule has 6 heteroatoms. The molecular formula is C22H24N2O4. The molecule has 6 nitrogen and oxygen atoms in total. The Morgan fingerprint density at radius 3 is 2.46 bits per heavy atom. The molecule has 3 aromatic rings. The molecule has 0 aliphatic carbocycles. The largest absolute Gasteiger partial charge is 0.497 e. The van der Waals surface area contributed by atoms with Gasteiger partial charge in [-0.15, -0.1) is 0 Å². The van der Waals surface area contributed by atoms with Gasteiger partial charge >= 0.3 is 0 Å². The van der Waals surface area contributed by atoms with Crippen molar-refractivity contribution < 1.29 is 18.7 Å². The Hall–Kier alpha value is -3.25. The van der Waals surface area contributed by atoms with Gasteiger partial charge < -0.3 is 13.9 Å². The number of para-hydroxylation sites is 1. The number of rotatable bonds is 7. The van der Waals surface area contributed by atoms with Crippen molar-refractivity contribution in [3.05, 3.63) is 71.5 Å². The van der Waals surface area contributed by atoms with Crippen molar-refractivity contribution in [2.45, 2.75) is 13.5 Å². The van der Waals surface area contributed by atoms with E-state index in [9.17, 15) is 4.79 Å². The summed E-state index contributed by atoms with van der Waals surface area (Å²) in [6, 6.07) is 17.0. The van der Waals surface area contributed by atoms with Gasteiger partial charge in [0.05, 0.1) is 25.3 Å². The molecule has 0 aliphatic rings. The fourth-order valence-corrected chi connectivity index (χ4v) is 2.97. The molecule has 146 valence electrons. The number of methoxy groups -OCH3 is 2. The second-order valence-electron chi connectivity index (χ2n) is 6.43. The number of hydrazine groups is 1. The summed E-state index contributed by atoms with van der Waals surface area (Å²) in [5.41, 5.74) is 5.23. The first kappa shape index (κ1) is 19.5. The van der Waals surface area contributed by atoms with Crippen molar-refractivity contribution in [1.82, 2.24) is 10.4 Å². The monoisotopic (exact) mass is 380 g/mol. The molecule has 1 heterocycles. The lowest BCUT2D eigenvalue weighted by Gasteiger charge is -2.18. The minimum Gasteiger partial charge on any atom is -0.497 e. The second kappa shape index (κ2) is 8.63. The van der Waals surface area contributed by atoms with Crippen LogP contribution in [0.25, 0.3) is 11.3 Å². The summed E-state index contributed by atoms with van der Waals surface area (Å²) in [6.45, 7) is 2.34. The number of nitrogens with zero attached hydrogens (tertiary/aromatic N) is 1. The summed E-state index contributed by atoms with van der Waals surface area (Å²) in [5.74, 6) is 2.42. The normalized spacial score (nSPS) is 10.8. The average Bonchev–Trinajstić information content (AvgIpc) is 3.10. The molecule has 0 saturated heterocycles. The molecule has 3 rings (SSSR count). The summed E-state index contributed by atoms with van der Waals surface area (Å²) in [6.07, 6.45) is 0. The van der Waals surface area contributed by atoms with Crippen LogP contribution in [0.1, 0.15) is 21.7 Å². The Kier molecular flexibility index (Phi) is 6.01. The van der Waals surface area contributed by atoms with E-state index in [-0.39, 0.29) is 5.91 Å². The lowest BCUT2D eigenvalue weighted by molar-refractivity contribution is 0.0818. The molecule has 2 aromatic carbocycles. The van der Waals surface area contributed by atoms with Crippen LogP contribution in [0.4, 0.5) is 0 Å². The number of benzene rings is 2. The lowest BCUT2D eigenvalue weighted by atomic mass is 10.1. The van der Waals surface area contributed by atoms with Gasteiger partial charge in [-0.05, 0) is 42.8 Å². The molecule has 0 spiro atoms. The predicted molar refractivity (Wildman–Crippen MR) is 107 cm³/mol. The minimum absolute atomic E-state index is 0.224. The van der Waals surface area contributed by atoms with E-state index in [0.717, 1.165) is 16.9 Å². The number of nitrogens with one attached hydrogen (secondary N) is 1. The van der Waals surface area contributed by atoms with Crippen LogP contribution in [-0.4, -0.2) is 32.2 Å². The Morgan fingerprint density at radius 1 is 1.07 bits per heavy atom. The van der Waals surface area contributed by atoms with Gasteiger partial charge in [-0.25, -0.2) is 5.01 Å². The Bertz CT molecular complexity index is 947. The number of hydrogen-bond donors (Lipinski definition) is 1. The van der Waals surface area contributed by atoms with Crippen molar-refractivity contribution in [1.29, 1.82) is 0 Å². The molecule has 28 heavy (non-hydrogen) atoms. The third-order valence-corrected chi connectivity index (χ3v) is 4.41. The number of amides is 1. The van der Waals surface area contributed by atoms with E-state index in [0.29, 0.717) is 29.4 Å². The van der Waals surface area contributed by atoms with Crippen LogP contribution < -0.4 is 14.9 Å². The van der Waals surface area contributed by atoms with Crippen LogP contribution in [-0.2, 0) is 6.54 Å². The first-order chi connectivity index (χ1) is 13.5. The molecule has 0 bridgehead atoms. The zero-order valence-corrected chi connectivity index (χ0v) is 16.5. The molecule has 1 amide bonds. The van der Waals surface area contributed by atoms with Gasteiger partial charge in [0.25, 0.3) is 5.91 Å². The van der Waals surface area contributed by atoms with Gasteiger partial charge in [-0.3, -0.25) is 10.2 Å².